The summed E-state index contributed by atoms with van der Waals surface area (Å²) in [5.41, 5.74) is 4.11. The minimum absolute atomic E-state index is 0.214. The van der Waals surface area contributed by atoms with Gasteiger partial charge in [0.05, 0.1) is 7.11 Å². The van der Waals surface area contributed by atoms with Crippen molar-refractivity contribution in [3.63, 3.8) is 0 Å². The molecule has 10 nitrogen and oxygen atoms in total. The van der Waals surface area contributed by atoms with Crippen molar-refractivity contribution in [1.82, 2.24) is 25.5 Å². The molecule has 0 saturated carbocycles. The molecule has 2 amide bonds. The first-order valence-corrected chi connectivity index (χ1v) is 14.8. The number of fused-ring (bicyclic) bond motifs is 1. The Labute approximate surface area is 259 Å². The number of halogens is 1. The third-order valence-electron chi connectivity index (χ3n) is 7.91. The molecule has 1 N–H and O–H groups in total. The zero-order chi connectivity index (χ0) is 31.3. The number of benzene rings is 3. The second kappa shape index (κ2) is 13.1. The second-order valence-corrected chi connectivity index (χ2v) is 11.0. The molecule has 11 heteroatoms. The summed E-state index contributed by atoms with van der Waals surface area (Å²) in [6.45, 7) is 1.73. The summed E-state index contributed by atoms with van der Waals surface area (Å²) in [5.74, 6) is 0.778. The average Bonchev–Trinajstić information content (AvgIpc) is 3.72. The molecule has 0 spiro atoms. The van der Waals surface area contributed by atoms with Crippen molar-refractivity contribution in [2.75, 3.05) is 12.0 Å². The summed E-state index contributed by atoms with van der Waals surface area (Å²) in [6, 6.07) is 21.2. The Balaban J connectivity index is 1.38. The maximum atomic E-state index is 14.4. The Kier molecular flexibility index (Phi) is 8.68. The van der Waals surface area contributed by atoms with Crippen LogP contribution in [0.5, 0.6) is 5.75 Å². The van der Waals surface area contributed by atoms with Crippen LogP contribution in [0.3, 0.4) is 0 Å². The molecule has 1 aliphatic carbocycles. The van der Waals surface area contributed by atoms with Gasteiger partial charge in [0.2, 0.25) is 11.7 Å². The number of carbonyl (C=O) groups is 2. The van der Waals surface area contributed by atoms with E-state index in [2.05, 4.69) is 26.8 Å². The highest BCUT2D eigenvalue weighted by Gasteiger charge is 2.35. The topological polar surface area (TPSA) is 115 Å². The fourth-order valence-corrected chi connectivity index (χ4v) is 5.66. The van der Waals surface area contributed by atoms with E-state index >= 15 is 0 Å². The number of nitrogens with zero attached hydrogens (tertiary/aromatic N) is 5. The molecule has 2 aromatic heterocycles. The highest BCUT2D eigenvalue weighted by atomic mass is 19.1. The molecule has 0 radical (unpaired) electrons. The molecular weight excluding hydrogens is 575 g/mol. The molecule has 1 atom stereocenters. The molecule has 1 aliphatic rings. The maximum absolute atomic E-state index is 14.4. The normalized spacial score (nSPS) is 13.1. The number of hydrogen-bond acceptors (Lipinski definition) is 7. The van der Waals surface area contributed by atoms with Gasteiger partial charge in [0.25, 0.3) is 5.91 Å². The summed E-state index contributed by atoms with van der Waals surface area (Å²) < 4.78 is 25.0. The van der Waals surface area contributed by atoms with Crippen LogP contribution >= 0.6 is 0 Å². The van der Waals surface area contributed by atoms with E-state index in [1.165, 1.54) is 34.0 Å². The van der Waals surface area contributed by atoms with Gasteiger partial charge in [-0.25, -0.2) is 4.39 Å². The van der Waals surface area contributed by atoms with Crippen LogP contribution in [-0.4, -0.2) is 39.1 Å². The highest BCUT2D eigenvalue weighted by molar-refractivity contribution is 6.02. The summed E-state index contributed by atoms with van der Waals surface area (Å²) in [4.78, 5) is 31.2. The molecule has 0 aliphatic heterocycles. The summed E-state index contributed by atoms with van der Waals surface area (Å²) >= 11 is 0. The molecule has 0 bridgehead atoms. The van der Waals surface area contributed by atoms with Crippen LogP contribution in [0, 0.1) is 12.7 Å². The van der Waals surface area contributed by atoms with Gasteiger partial charge in [-0.15, -0.1) is 10.2 Å². The third-order valence-corrected chi connectivity index (χ3v) is 7.91. The number of tetrazole rings is 1. The molecule has 3 aromatic carbocycles. The van der Waals surface area contributed by atoms with Crippen molar-refractivity contribution in [2.24, 2.45) is 0 Å². The van der Waals surface area contributed by atoms with Gasteiger partial charge < -0.3 is 14.5 Å². The first kappa shape index (κ1) is 29.7. The van der Waals surface area contributed by atoms with Gasteiger partial charge in [0, 0.05) is 12.2 Å². The lowest BCUT2D eigenvalue weighted by molar-refractivity contribution is -0.127. The van der Waals surface area contributed by atoms with E-state index in [9.17, 15) is 14.0 Å². The Bertz CT molecular complexity index is 1800. The number of amides is 2. The molecule has 6 rings (SSSR count). The first-order chi connectivity index (χ1) is 21.9. The second-order valence-electron chi connectivity index (χ2n) is 11.0. The van der Waals surface area contributed by atoms with Crippen LogP contribution in [0.25, 0.3) is 11.6 Å². The Morgan fingerprint density at radius 1 is 1.02 bits per heavy atom. The summed E-state index contributed by atoms with van der Waals surface area (Å²) in [6.07, 6.45) is 3.66. The standard InChI is InChI=1S/C34H33FN6O4/c1-22-10-19-30(45-22)33-37-39-40(38-33)21-31(42)41(29-9-5-7-24-6-3-4-8-28(24)29)32(25-13-15-26(35)16-14-25)34(43)36-20-23-11-17-27(44-2)18-12-23/h5,7,9-19,32H,3-4,6,8,20-21H2,1-2H3,(H,36,43)/t32-/m0/s1. The van der Waals surface area contributed by atoms with Crippen molar-refractivity contribution in [3.8, 4) is 17.3 Å². The van der Waals surface area contributed by atoms with Gasteiger partial charge >= 0.3 is 0 Å². The molecule has 5 aromatic rings. The lowest BCUT2D eigenvalue weighted by Crippen LogP contribution is -2.45. The number of aromatic nitrogens is 4. The van der Waals surface area contributed by atoms with Crippen molar-refractivity contribution < 1.29 is 23.1 Å². The minimum atomic E-state index is -1.11. The van der Waals surface area contributed by atoms with Gasteiger partial charge in [0.1, 0.15) is 29.9 Å². The third kappa shape index (κ3) is 6.62. The SMILES string of the molecule is COc1ccc(CNC(=O)[C@H](c2ccc(F)cc2)N(C(=O)Cn2nnc(-c3ccc(C)o3)n2)c2cccc3c2CCCC3)cc1. The number of ether oxygens (including phenoxy) is 1. The average molecular weight is 609 g/mol. The van der Waals surface area contributed by atoms with Crippen molar-refractivity contribution in [3.05, 3.63) is 113 Å². The largest absolute Gasteiger partial charge is 0.497 e. The van der Waals surface area contributed by atoms with Crippen LogP contribution in [0.4, 0.5) is 10.1 Å². The minimum Gasteiger partial charge on any atom is -0.497 e. The summed E-state index contributed by atoms with van der Waals surface area (Å²) in [7, 11) is 1.59. The monoisotopic (exact) mass is 608 g/mol. The molecule has 45 heavy (non-hydrogen) atoms. The fourth-order valence-electron chi connectivity index (χ4n) is 5.66. The van der Waals surface area contributed by atoms with E-state index in [1.54, 1.807) is 19.2 Å². The van der Waals surface area contributed by atoms with Crippen LogP contribution in [-0.2, 0) is 35.5 Å². The smallest absolute Gasteiger partial charge is 0.251 e. The van der Waals surface area contributed by atoms with Crippen molar-refractivity contribution in [1.29, 1.82) is 0 Å². The van der Waals surface area contributed by atoms with E-state index in [4.69, 9.17) is 9.15 Å². The molecule has 0 unspecified atom stereocenters. The first-order valence-electron chi connectivity index (χ1n) is 14.8. The van der Waals surface area contributed by atoms with Crippen molar-refractivity contribution in [2.45, 2.75) is 51.7 Å². The van der Waals surface area contributed by atoms with Gasteiger partial charge in [-0.2, -0.15) is 4.80 Å². The molecule has 230 valence electrons. The summed E-state index contributed by atoms with van der Waals surface area (Å²) in [5, 5.41) is 15.5. The lowest BCUT2D eigenvalue weighted by Gasteiger charge is -2.34. The lowest BCUT2D eigenvalue weighted by atomic mass is 9.89. The number of carbonyl (C=O) groups excluding carboxylic acids is 2. The van der Waals surface area contributed by atoms with Gasteiger partial charge in [0.15, 0.2) is 5.76 Å². The zero-order valence-corrected chi connectivity index (χ0v) is 25.1. The number of methoxy groups -OCH3 is 1. The molecular formula is C34H33FN6O4. The molecule has 0 fully saturated rings. The number of anilines is 1. The Morgan fingerprint density at radius 3 is 2.53 bits per heavy atom. The van der Waals surface area contributed by atoms with Gasteiger partial charge in [-0.05, 0) is 103 Å². The number of aryl methyl sites for hydroxylation is 2. The zero-order valence-electron chi connectivity index (χ0n) is 25.1. The number of rotatable bonds is 10. The maximum Gasteiger partial charge on any atom is 0.251 e. The quantitative estimate of drug-likeness (QED) is 0.227. The Morgan fingerprint density at radius 2 is 1.80 bits per heavy atom. The Hall–Kier alpha value is -5.32. The predicted octanol–water partition coefficient (Wildman–Crippen LogP) is 5.36. The van der Waals surface area contributed by atoms with Crippen LogP contribution in [0.1, 0.15) is 46.9 Å². The van der Waals surface area contributed by atoms with E-state index < -0.39 is 23.7 Å². The highest BCUT2D eigenvalue weighted by Crippen LogP contribution is 2.36. The fraction of sp³-hybridized carbons (Fsp3) is 0.265. The molecule has 2 heterocycles. The van der Waals surface area contributed by atoms with Gasteiger partial charge in [-0.1, -0.05) is 36.4 Å². The number of furan rings is 1. The van der Waals surface area contributed by atoms with E-state index in [1.807, 2.05) is 43.3 Å². The van der Waals surface area contributed by atoms with Crippen LogP contribution in [0.2, 0.25) is 0 Å². The number of hydrogen-bond donors (Lipinski definition) is 1. The predicted molar refractivity (Wildman–Crippen MR) is 165 cm³/mol. The number of nitrogens with one attached hydrogen (secondary N) is 1. The van der Waals surface area contributed by atoms with E-state index in [-0.39, 0.29) is 18.9 Å². The van der Waals surface area contributed by atoms with Gasteiger partial charge in [-0.3, -0.25) is 14.5 Å². The van der Waals surface area contributed by atoms with Crippen molar-refractivity contribution >= 4 is 17.5 Å². The molecule has 0 saturated heterocycles. The van der Waals surface area contributed by atoms with Crippen LogP contribution in [0.15, 0.2) is 83.3 Å². The van der Waals surface area contributed by atoms with E-state index in [0.29, 0.717) is 28.5 Å². The van der Waals surface area contributed by atoms with Crippen LogP contribution < -0.4 is 15.0 Å². The van der Waals surface area contributed by atoms with E-state index in [0.717, 1.165) is 42.4 Å².